The van der Waals surface area contributed by atoms with Crippen molar-refractivity contribution < 1.29 is 14.9 Å². The van der Waals surface area contributed by atoms with Crippen molar-refractivity contribution in [2.45, 2.75) is 165 Å². The van der Waals surface area contributed by atoms with Crippen molar-refractivity contribution in [1.29, 1.82) is 0 Å². The number of hydrogen-bond acceptors (Lipinski definition) is 3. The molecule has 0 aliphatic heterocycles. The van der Waals surface area contributed by atoms with Crippen molar-refractivity contribution >= 4 is 0 Å². The number of phenolic OH excluding ortho intramolecular Hbond substituents is 2. The molecule has 0 aliphatic carbocycles. The Kier molecular flexibility index (Phi) is 31.5. The average molecular weight is 741 g/mol. The van der Waals surface area contributed by atoms with Crippen molar-refractivity contribution in [2.24, 2.45) is 5.92 Å². The lowest BCUT2D eigenvalue weighted by atomic mass is 9.94. The van der Waals surface area contributed by atoms with Gasteiger partial charge in [-0.15, -0.1) is 0 Å². The minimum Gasteiger partial charge on any atom is -0.507 e. The Balaban J connectivity index is 0.000000914. The van der Waals surface area contributed by atoms with Crippen LogP contribution in [0, 0.1) is 12.8 Å². The molecule has 0 radical (unpaired) electrons. The van der Waals surface area contributed by atoms with Crippen LogP contribution in [-0.2, 0) is 25.7 Å². The summed E-state index contributed by atoms with van der Waals surface area (Å²) in [5, 5.41) is 21.0. The molecule has 2 N–H and O–H groups in total. The fourth-order valence-electron chi connectivity index (χ4n) is 5.83. The zero-order valence-electron chi connectivity index (χ0n) is 36.4. The quantitative estimate of drug-likeness (QED) is 0.0789. The molecule has 0 spiro atoms. The van der Waals surface area contributed by atoms with Gasteiger partial charge in [0.2, 0.25) is 0 Å². The third-order valence-corrected chi connectivity index (χ3v) is 9.90. The summed E-state index contributed by atoms with van der Waals surface area (Å²) >= 11 is 0. The summed E-state index contributed by atoms with van der Waals surface area (Å²) in [6, 6.07) is 31.8. The average Bonchev–Trinajstić information content (AvgIpc) is 3.23. The molecule has 0 saturated heterocycles. The maximum absolute atomic E-state index is 10.6. The Morgan fingerprint density at radius 1 is 0.519 bits per heavy atom. The predicted octanol–water partition coefficient (Wildman–Crippen LogP) is 15.4. The van der Waals surface area contributed by atoms with Crippen molar-refractivity contribution in [3.8, 4) is 17.2 Å². The topological polar surface area (TPSA) is 49.7 Å². The highest BCUT2D eigenvalue weighted by Crippen LogP contribution is 2.43. The smallest absolute Gasteiger partial charge is 0.167 e. The van der Waals surface area contributed by atoms with Gasteiger partial charge in [-0.05, 0) is 68.1 Å². The Hall–Kier alpha value is -3.72. The maximum Gasteiger partial charge on any atom is 0.167 e. The van der Waals surface area contributed by atoms with Gasteiger partial charge in [0.05, 0.1) is 7.11 Å². The second-order valence-electron chi connectivity index (χ2n) is 14.0. The lowest BCUT2D eigenvalue weighted by molar-refractivity contribution is 0.359. The van der Waals surface area contributed by atoms with E-state index in [1.165, 1.54) is 94.4 Å². The van der Waals surface area contributed by atoms with Gasteiger partial charge in [-0.1, -0.05) is 211 Å². The largest absolute Gasteiger partial charge is 0.507 e. The first-order valence-corrected chi connectivity index (χ1v) is 21.5. The number of methoxy groups -OCH3 is 1. The van der Waals surface area contributed by atoms with Gasteiger partial charge < -0.3 is 14.9 Å². The van der Waals surface area contributed by atoms with E-state index < -0.39 is 0 Å². The fraction of sp³-hybridized carbons (Fsp3) is 0.529. The number of unbranched alkanes of at least 4 members (excludes halogenated alkanes) is 8. The minimum atomic E-state index is 0.174. The van der Waals surface area contributed by atoms with Gasteiger partial charge in [-0.3, -0.25) is 0 Å². The van der Waals surface area contributed by atoms with Crippen LogP contribution in [0.2, 0.25) is 0 Å². The third kappa shape index (κ3) is 21.9. The Bertz CT molecular complexity index is 1360. The molecular weight excluding hydrogens is 661 g/mol. The SMILES string of the molecule is CC.CCC(C)CC.CCCC.CCc1c(O)c(CCCCCCCCCCc2ccccc2)c(C)c(O)c1OC.c1ccc(Cc2ccccc2)cc1. The summed E-state index contributed by atoms with van der Waals surface area (Å²) in [5.74, 6) is 1.83. The lowest BCUT2D eigenvalue weighted by Crippen LogP contribution is -2.00. The molecule has 0 saturated carbocycles. The Morgan fingerprint density at radius 3 is 1.26 bits per heavy atom. The first-order valence-electron chi connectivity index (χ1n) is 21.5. The normalized spacial score (nSPS) is 10.1. The van der Waals surface area contributed by atoms with E-state index in [4.69, 9.17) is 4.74 Å². The van der Waals surface area contributed by atoms with Gasteiger partial charge >= 0.3 is 0 Å². The monoisotopic (exact) mass is 741 g/mol. The second kappa shape index (κ2) is 33.8. The molecule has 0 fully saturated rings. The summed E-state index contributed by atoms with van der Waals surface area (Å²) in [6.07, 6.45) is 18.9. The van der Waals surface area contributed by atoms with Gasteiger partial charge in [-0.25, -0.2) is 0 Å². The van der Waals surface area contributed by atoms with Gasteiger partial charge in [0.25, 0.3) is 0 Å². The number of aromatic hydroxyl groups is 2. The Morgan fingerprint density at radius 2 is 0.907 bits per heavy atom. The van der Waals surface area contributed by atoms with E-state index >= 15 is 0 Å². The molecule has 4 rings (SSSR count). The van der Waals surface area contributed by atoms with E-state index in [2.05, 4.69) is 126 Å². The standard InChI is InChI=1S/C26H38O3.C13H12.C6H14.C4H10.C2H6/c1-4-22-25(28)23(20(2)24(27)26(22)29-3)19-15-10-8-6-5-7-9-12-16-21-17-13-11-14-18-21;1-3-7-12(8-4-1)11-13-9-5-2-6-10-13;1-4-6(3)5-2;1-3-4-2;1-2/h11,13-14,17-18,27-28H,4-10,12,15-16,19H2,1-3H3;1-10H,11H2;6H,4-5H2,1-3H3;3-4H2,1-2H3;1-2H3. The van der Waals surface area contributed by atoms with E-state index in [-0.39, 0.29) is 5.75 Å². The summed E-state index contributed by atoms with van der Waals surface area (Å²) in [6.45, 7) is 18.9. The van der Waals surface area contributed by atoms with Crippen LogP contribution in [0.25, 0.3) is 0 Å². The maximum atomic E-state index is 10.6. The first kappa shape index (κ1) is 50.3. The van der Waals surface area contributed by atoms with E-state index in [9.17, 15) is 10.2 Å². The van der Waals surface area contributed by atoms with E-state index in [1.807, 2.05) is 27.7 Å². The molecule has 3 heteroatoms. The highest BCUT2D eigenvalue weighted by molar-refractivity contribution is 5.61. The minimum absolute atomic E-state index is 0.174. The van der Waals surface area contributed by atoms with E-state index in [0.29, 0.717) is 23.5 Å². The van der Waals surface area contributed by atoms with Crippen LogP contribution in [0.1, 0.15) is 166 Å². The summed E-state index contributed by atoms with van der Waals surface area (Å²) in [5.41, 5.74) is 6.52. The van der Waals surface area contributed by atoms with Gasteiger partial charge in [-0.2, -0.15) is 0 Å². The van der Waals surface area contributed by atoms with Crippen LogP contribution in [-0.4, -0.2) is 17.3 Å². The van der Waals surface area contributed by atoms with Crippen molar-refractivity contribution in [1.82, 2.24) is 0 Å². The van der Waals surface area contributed by atoms with Crippen molar-refractivity contribution in [2.75, 3.05) is 7.11 Å². The van der Waals surface area contributed by atoms with Gasteiger partial charge in [0.1, 0.15) is 5.75 Å². The van der Waals surface area contributed by atoms with Crippen LogP contribution in [0.4, 0.5) is 0 Å². The van der Waals surface area contributed by atoms with Crippen molar-refractivity contribution in [3.05, 3.63) is 124 Å². The lowest BCUT2D eigenvalue weighted by Gasteiger charge is -2.18. The van der Waals surface area contributed by atoms with Crippen LogP contribution in [0.15, 0.2) is 91.0 Å². The summed E-state index contributed by atoms with van der Waals surface area (Å²) in [7, 11) is 1.54. The van der Waals surface area contributed by atoms with Crippen LogP contribution in [0.5, 0.6) is 17.2 Å². The molecule has 0 amide bonds. The van der Waals surface area contributed by atoms with E-state index in [0.717, 1.165) is 42.7 Å². The number of aryl methyl sites for hydroxylation is 1. The number of benzene rings is 4. The highest BCUT2D eigenvalue weighted by atomic mass is 16.5. The van der Waals surface area contributed by atoms with Crippen LogP contribution in [0.3, 0.4) is 0 Å². The molecule has 0 bridgehead atoms. The molecule has 0 aliphatic rings. The number of phenols is 2. The fourth-order valence-corrected chi connectivity index (χ4v) is 5.83. The molecule has 302 valence electrons. The second-order valence-corrected chi connectivity index (χ2v) is 14.0. The number of hydrogen-bond donors (Lipinski definition) is 2. The van der Waals surface area contributed by atoms with Crippen molar-refractivity contribution in [3.63, 3.8) is 0 Å². The molecular formula is C51H80O3. The molecule has 0 heterocycles. The zero-order valence-corrected chi connectivity index (χ0v) is 36.4. The molecule has 4 aromatic carbocycles. The molecule has 0 unspecified atom stereocenters. The Labute approximate surface area is 333 Å². The molecule has 54 heavy (non-hydrogen) atoms. The molecule has 0 aromatic heterocycles. The van der Waals surface area contributed by atoms with E-state index in [1.54, 1.807) is 0 Å². The summed E-state index contributed by atoms with van der Waals surface area (Å²) in [4.78, 5) is 0. The van der Waals surface area contributed by atoms with Crippen LogP contribution < -0.4 is 4.74 Å². The highest BCUT2D eigenvalue weighted by Gasteiger charge is 2.20. The summed E-state index contributed by atoms with van der Waals surface area (Å²) < 4.78 is 5.30. The molecule has 3 nitrogen and oxygen atoms in total. The zero-order chi connectivity index (χ0) is 40.4. The van der Waals surface area contributed by atoms with Gasteiger partial charge in [0.15, 0.2) is 11.5 Å². The first-order chi connectivity index (χ1) is 26.3. The van der Waals surface area contributed by atoms with Crippen LogP contribution >= 0.6 is 0 Å². The van der Waals surface area contributed by atoms with Gasteiger partial charge in [0, 0.05) is 16.7 Å². The molecule has 0 atom stereocenters. The third-order valence-electron chi connectivity index (χ3n) is 9.90. The predicted molar refractivity (Wildman–Crippen MR) is 239 cm³/mol. The number of rotatable bonds is 18. The molecule has 4 aromatic rings. The number of ether oxygens (including phenoxy) is 1.